The van der Waals surface area contributed by atoms with Gasteiger partial charge in [0.15, 0.2) is 0 Å². The monoisotopic (exact) mass is 260 g/mol. The molecule has 0 aliphatic heterocycles. The first-order valence-corrected chi connectivity index (χ1v) is 6.23. The Hall–Kier alpha value is -1.67. The van der Waals surface area contributed by atoms with E-state index in [9.17, 15) is 0 Å². The smallest absolute Gasteiger partial charge is 0.0441 e. The van der Waals surface area contributed by atoms with E-state index in [2.05, 4.69) is 17.9 Å². The minimum Gasteiger partial charge on any atom is -0.399 e. The Labute approximate surface area is 113 Å². The highest BCUT2D eigenvalue weighted by molar-refractivity contribution is 6.30. The van der Waals surface area contributed by atoms with Crippen molar-refractivity contribution in [3.05, 3.63) is 52.5 Å². The Morgan fingerprint density at radius 1 is 1.00 bits per heavy atom. The molecule has 0 amide bonds. The van der Waals surface area contributed by atoms with Gasteiger partial charge < -0.3 is 10.6 Å². The summed E-state index contributed by atoms with van der Waals surface area (Å²) in [5.74, 6) is 0. The molecular weight excluding hydrogens is 244 g/mol. The van der Waals surface area contributed by atoms with Crippen LogP contribution in [0.25, 0.3) is 0 Å². The van der Waals surface area contributed by atoms with Gasteiger partial charge in [-0.2, -0.15) is 0 Å². The average molecular weight is 261 g/mol. The van der Waals surface area contributed by atoms with Crippen molar-refractivity contribution in [2.45, 2.75) is 13.8 Å². The second kappa shape index (κ2) is 4.91. The fraction of sp³-hybridized carbons (Fsp3) is 0.200. The molecule has 2 nitrogen and oxygen atoms in total. The summed E-state index contributed by atoms with van der Waals surface area (Å²) >= 11 is 5.90. The number of hydrogen-bond acceptors (Lipinski definition) is 2. The first kappa shape index (κ1) is 12.8. The van der Waals surface area contributed by atoms with Gasteiger partial charge in [-0.05, 0) is 61.4 Å². The normalized spacial score (nSPS) is 10.4. The number of benzene rings is 2. The van der Waals surface area contributed by atoms with Crippen molar-refractivity contribution in [1.82, 2.24) is 0 Å². The van der Waals surface area contributed by atoms with Gasteiger partial charge in [-0.3, -0.25) is 0 Å². The Bertz CT molecular complexity index is 561. The Morgan fingerprint density at radius 3 is 2.22 bits per heavy atom. The molecule has 2 aromatic rings. The summed E-state index contributed by atoms with van der Waals surface area (Å²) in [6, 6.07) is 11.9. The van der Waals surface area contributed by atoms with Crippen LogP contribution in [0.1, 0.15) is 11.1 Å². The van der Waals surface area contributed by atoms with E-state index in [0.29, 0.717) is 0 Å². The summed E-state index contributed by atoms with van der Waals surface area (Å²) in [4.78, 5) is 2.14. The quantitative estimate of drug-likeness (QED) is 0.816. The summed E-state index contributed by atoms with van der Waals surface area (Å²) in [6.45, 7) is 4.09. The van der Waals surface area contributed by atoms with Gasteiger partial charge in [-0.1, -0.05) is 11.6 Å². The van der Waals surface area contributed by atoms with E-state index in [-0.39, 0.29) is 0 Å². The minimum atomic E-state index is 0.748. The van der Waals surface area contributed by atoms with Crippen LogP contribution in [-0.4, -0.2) is 7.05 Å². The van der Waals surface area contributed by atoms with E-state index in [4.69, 9.17) is 17.3 Å². The second-order valence-electron chi connectivity index (χ2n) is 4.53. The number of nitrogen functional groups attached to an aromatic ring is 1. The zero-order valence-corrected chi connectivity index (χ0v) is 11.6. The highest BCUT2D eigenvalue weighted by atomic mass is 35.5. The molecule has 2 aromatic carbocycles. The van der Waals surface area contributed by atoms with Crippen LogP contribution in [0.4, 0.5) is 17.1 Å². The SMILES string of the molecule is Cc1cc(N(C)c2ccc(Cl)cc2)c(C)cc1N. The molecule has 0 aromatic heterocycles. The summed E-state index contributed by atoms with van der Waals surface area (Å²) < 4.78 is 0. The molecule has 3 heteroatoms. The average Bonchev–Trinajstić information content (AvgIpc) is 2.34. The van der Waals surface area contributed by atoms with Gasteiger partial charge in [0.05, 0.1) is 0 Å². The fourth-order valence-electron chi connectivity index (χ4n) is 1.99. The molecular formula is C15H17ClN2. The molecule has 0 atom stereocenters. The van der Waals surface area contributed by atoms with Gasteiger partial charge in [-0.15, -0.1) is 0 Å². The van der Waals surface area contributed by atoms with E-state index in [1.165, 1.54) is 0 Å². The molecule has 0 bridgehead atoms. The van der Waals surface area contributed by atoms with E-state index in [1.807, 2.05) is 44.3 Å². The first-order chi connectivity index (χ1) is 8.49. The highest BCUT2D eigenvalue weighted by Gasteiger charge is 2.08. The van der Waals surface area contributed by atoms with Gasteiger partial charge in [0.25, 0.3) is 0 Å². The van der Waals surface area contributed by atoms with Crippen LogP contribution in [0.5, 0.6) is 0 Å². The van der Waals surface area contributed by atoms with Crippen molar-refractivity contribution < 1.29 is 0 Å². The number of rotatable bonds is 2. The lowest BCUT2D eigenvalue weighted by Crippen LogP contribution is -2.11. The van der Waals surface area contributed by atoms with Crippen LogP contribution < -0.4 is 10.6 Å². The zero-order valence-electron chi connectivity index (χ0n) is 10.9. The molecule has 0 saturated heterocycles. The van der Waals surface area contributed by atoms with Gasteiger partial charge in [0, 0.05) is 29.1 Å². The third kappa shape index (κ3) is 2.44. The molecule has 0 heterocycles. The van der Waals surface area contributed by atoms with Crippen molar-refractivity contribution in [2.24, 2.45) is 0 Å². The summed E-state index contributed by atoms with van der Waals surface area (Å²) in [5, 5.41) is 0.748. The molecule has 0 spiro atoms. The number of nitrogens with two attached hydrogens (primary N) is 1. The van der Waals surface area contributed by atoms with Crippen LogP contribution in [0.2, 0.25) is 5.02 Å². The van der Waals surface area contributed by atoms with E-state index in [0.717, 1.165) is 33.2 Å². The van der Waals surface area contributed by atoms with Crippen molar-refractivity contribution >= 4 is 28.7 Å². The zero-order chi connectivity index (χ0) is 13.3. The van der Waals surface area contributed by atoms with E-state index < -0.39 is 0 Å². The highest BCUT2D eigenvalue weighted by Crippen LogP contribution is 2.30. The Morgan fingerprint density at radius 2 is 1.61 bits per heavy atom. The van der Waals surface area contributed by atoms with Crippen LogP contribution in [-0.2, 0) is 0 Å². The maximum Gasteiger partial charge on any atom is 0.0441 e. The molecule has 0 saturated carbocycles. The second-order valence-corrected chi connectivity index (χ2v) is 4.97. The Balaban J connectivity index is 2.42. The number of halogens is 1. The predicted octanol–water partition coefficient (Wildman–Crippen LogP) is 4.31. The number of nitrogens with zero attached hydrogens (tertiary/aromatic N) is 1. The lowest BCUT2D eigenvalue weighted by molar-refractivity contribution is 1.18. The van der Waals surface area contributed by atoms with E-state index >= 15 is 0 Å². The lowest BCUT2D eigenvalue weighted by atomic mass is 10.1. The van der Waals surface area contributed by atoms with Gasteiger partial charge in [-0.25, -0.2) is 0 Å². The summed E-state index contributed by atoms with van der Waals surface area (Å²) in [6.07, 6.45) is 0. The molecule has 0 aliphatic carbocycles. The van der Waals surface area contributed by atoms with Gasteiger partial charge >= 0.3 is 0 Å². The van der Waals surface area contributed by atoms with Crippen LogP contribution in [0.15, 0.2) is 36.4 Å². The number of anilines is 3. The molecule has 2 rings (SSSR count). The number of hydrogen-bond donors (Lipinski definition) is 1. The largest absolute Gasteiger partial charge is 0.399 e. The molecule has 2 N–H and O–H groups in total. The van der Waals surface area contributed by atoms with Crippen molar-refractivity contribution in [1.29, 1.82) is 0 Å². The molecule has 94 valence electrons. The van der Waals surface area contributed by atoms with E-state index in [1.54, 1.807) is 0 Å². The van der Waals surface area contributed by atoms with Crippen molar-refractivity contribution in [3.63, 3.8) is 0 Å². The topological polar surface area (TPSA) is 29.3 Å². The van der Waals surface area contributed by atoms with Gasteiger partial charge in [0.2, 0.25) is 0 Å². The molecule has 0 radical (unpaired) electrons. The minimum absolute atomic E-state index is 0.748. The summed E-state index contributed by atoms with van der Waals surface area (Å²) in [7, 11) is 2.04. The van der Waals surface area contributed by atoms with Crippen LogP contribution in [0, 0.1) is 13.8 Å². The number of aryl methyl sites for hydroxylation is 2. The molecule has 0 unspecified atom stereocenters. The third-order valence-corrected chi connectivity index (χ3v) is 3.41. The molecule has 0 fully saturated rings. The molecule has 0 aliphatic rings. The van der Waals surface area contributed by atoms with Crippen molar-refractivity contribution in [2.75, 3.05) is 17.7 Å². The third-order valence-electron chi connectivity index (χ3n) is 3.16. The first-order valence-electron chi connectivity index (χ1n) is 5.85. The Kier molecular flexibility index (Phi) is 3.48. The fourth-order valence-corrected chi connectivity index (χ4v) is 2.11. The standard InChI is InChI=1S/C15H17ClN2/c1-10-9-15(11(2)8-14(10)17)18(3)13-6-4-12(16)5-7-13/h4-9H,17H2,1-3H3. The van der Waals surface area contributed by atoms with Crippen LogP contribution in [0.3, 0.4) is 0 Å². The summed E-state index contributed by atoms with van der Waals surface area (Å²) in [5.41, 5.74) is 11.3. The van der Waals surface area contributed by atoms with Crippen molar-refractivity contribution in [3.8, 4) is 0 Å². The lowest BCUT2D eigenvalue weighted by Gasteiger charge is -2.23. The van der Waals surface area contributed by atoms with Crippen LogP contribution >= 0.6 is 11.6 Å². The maximum atomic E-state index is 5.91. The maximum absolute atomic E-state index is 5.91. The molecule has 18 heavy (non-hydrogen) atoms. The van der Waals surface area contributed by atoms with Gasteiger partial charge in [0.1, 0.15) is 0 Å². The predicted molar refractivity (Wildman–Crippen MR) is 79.8 cm³/mol.